The van der Waals surface area contributed by atoms with Gasteiger partial charge in [-0.25, -0.2) is 4.39 Å². The van der Waals surface area contributed by atoms with Gasteiger partial charge < -0.3 is 5.73 Å². The van der Waals surface area contributed by atoms with Crippen molar-refractivity contribution in [2.45, 2.75) is 39.7 Å². The fraction of sp³-hybridized carbons (Fsp3) is 0.538. The van der Waals surface area contributed by atoms with Crippen molar-refractivity contribution in [3.8, 4) is 0 Å². The second-order valence-corrected chi connectivity index (χ2v) is 5.26. The van der Waals surface area contributed by atoms with E-state index >= 15 is 0 Å². The Morgan fingerprint density at radius 3 is 2.53 bits per heavy atom. The number of halogens is 1. The number of hydrogen-bond acceptors (Lipinski definition) is 1. The summed E-state index contributed by atoms with van der Waals surface area (Å²) in [7, 11) is 0. The molecule has 0 amide bonds. The largest absolute Gasteiger partial charge is 0.324 e. The molecule has 0 radical (unpaired) electrons. The SMILES string of the molecule is CC(C)(C)CCC(N)c1cccc(F)c1. The molecule has 0 aliphatic heterocycles. The van der Waals surface area contributed by atoms with Crippen LogP contribution in [0.15, 0.2) is 24.3 Å². The van der Waals surface area contributed by atoms with Gasteiger partial charge in [-0.1, -0.05) is 32.9 Å². The highest BCUT2D eigenvalue weighted by Gasteiger charge is 2.14. The zero-order chi connectivity index (χ0) is 11.5. The molecule has 1 aromatic carbocycles. The van der Waals surface area contributed by atoms with Crippen molar-refractivity contribution in [3.63, 3.8) is 0 Å². The molecule has 1 rings (SSSR count). The van der Waals surface area contributed by atoms with Gasteiger partial charge in [-0.3, -0.25) is 0 Å². The first-order valence-corrected chi connectivity index (χ1v) is 5.39. The third-order valence-electron chi connectivity index (χ3n) is 2.48. The van der Waals surface area contributed by atoms with Crippen LogP contribution in [0.2, 0.25) is 0 Å². The van der Waals surface area contributed by atoms with Crippen molar-refractivity contribution in [2.24, 2.45) is 11.1 Å². The van der Waals surface area contributed by atoms with E-state index in [1.54, 1.807) is 6.07 Å². The first kappa shape index (κ1) is 12.2. The lowest BCUT2D eigenvalue weighted by Gasteiger charge is -2.21. The van der Waals surface area contributed by atoms with Crippen LogP contribution >= 0.6 is 0 Å². The maximum Gasteiger partial charge on any atom is 0.123 e. The maximum absolute atomic E-state index is 12.9. The van der Waals surface area contributed by atoms with E-state index in [1.165, 1.54) is 12.1 Å². The van der Waals surface area contributed by atoms with Crippen LogP contribution < -0.4 is 5.73 Å². The topological polar surface area (TPSA) is 26.0 Å². The van der Waals surface area contributed by atoms with Crippen LogP contribution in [0, 0.1) is 11.2 Å². The Morgan fingerprint density at radius 2 is 2.00 bits per heavy atom. The molecule has 15 heavy (non-hydrogen) atoms. The second-order valence-electron chi connectivity index (χ2n) is 5.26. The fourth-order valence-corrected chi connectivity index (χ4v) is 1.49. The Balaban J connectivity index is 2.58. The first-order valence-electron chi connectivity index (χ1n) is 5.39. The van der Waals surface area contributed by atoms with E-state index in [2.05, 4.69) is 20.8 Å². The fourth-order valence-electron chi connectivity index (χ4n) is 1.49. The van der Waals surface area contributed by atoms with Crippen LogP contribution in [-0.2, 0) is 0 Å². The summed E-state index contributed by atoms with van der Waals surface area (Å²) in [5, 5.41) is 0. The molecule has 0 saturated heterocycles. The summed E-state index contributed by atoms with van der Waals surface area (Å²) in [6, 6.07) is 6.51. The molecule has 1 aromatic rings. The van der Waals surface area contributed by atoms with Crippen LogP contribution in [0.1, 0.15) is 45.2 Å². The Kier molecular flexibility index (Phi) is 3.86. The van der Waals surface area contributed by atoms with Crippen molar-refractivity contribution in [1.29, 1.82) is 0 Å². The second kappa shape index (κ2) is 4.75. The molecule has 2 heteroatoms. The third kappa shape index (κ3) is 4.43. The van der Waals surface area contributed by atoms with Gasteiger partial charge in [0.1, 0.15) is 5.82 Å². The molecular weight excluding hydrogens is 189 g/mol. The number of benzene rings is 1. The van der Waals surface area contributed by atoms with Gasteiger partial charge in [0.2, 0.25) is 0 Å². The molecule has 1 unspecified atom stereocenters. The van der Waals surface area contributed by atoms with Crippen molar-refractivity contribution in [3.05, 3.63) is 35.6 Å². The van der Waals surface area contributed by atoms with Gasteiger partial charge in [0.15, 0.2) is 0 Å². The Labute approximate surface area is 91.5 Å². The minimum absolute atomic E-state index is 0.0556. The Hall–Kier alpha value is -0.890. The van der Waals surface area contributed by atoms with Gasteiger partial charge in [-0.2, -0.15) is 0 Å². The van der Waals surface area contributed by atoms with Crippen molar-refractivity contribution >= 4 is 0 Å². The molecule has 0 aliphatic carbocycles. The molecule has 0 fully saturated rings. The van der Waals surface area contributed by atoms with Gasteiger partial charge in [0.25, 0.3) is 0 Å². The summed E-state index contributed by atoms with van der Waals surface area (Å²) >= 11 is 0. The zero-order valence-electron chi connectivity index (χ0n) is 9.76. The van der Waals surface area contributed by atoms with Crippen molar-refractivity contribution in [1.82, 2.24) is 0 Å². The number of nitrogens with two attached hydrogens (primary N) is 1. The summed E-state index contributed by atoms with van der Waals surface area (Å²) in [4.78, 5) is 0. The molecule has 1 atom stereocenters. The monoisotopic (exact) mass is 209 g/mol. The summed E-state index contributed by atoms with van der Waals surface area (Å²) < 4.78 is 12.9. The Morgan fingerprint density at radius 1 is 1.33 bits per heavy atom. The summed E-state index contributed by atoms with van der Waals surface area (Å²) in [5.41, 5.74) is 7.18. The molecule has 0 saturated carbocycles. The van der Waals surface area contributed by atoms with E-state index in [0.717, 1.165) is 18.4 Å². The molecule has 0 bridgehead atoms. The summed E-state index contributed by atoms with van der Waals surface area (Å²) in [6.07, 6.45) is 1.94. The molecule has 0 heterocycles. The zero-order valence-corrected chi connectivity index (χ0v) is 9.76. The first-order chi connectivity index (χ1) is 6.88. The van der Waals surface area contributed by atoms with Crippen molar-refractivity contribution in [2.75, 3.05) is 0 Å². The molecule has 1 nitrogen and oxygen atoms in total. The lowest BCUT2D eigenvalue weighted by atomic mass is 9.87. The molecule has 0 spiro atoms. The lowest BCUT2D eigenvalue weighted by molar-refractivity contribution is 0.349. The van der Waals surface area contributed by atoms with Crippen LogP contribution in [-0.4, -0.2) is 0 Å². The molecule has 2 N–H and O–H groups in total. The highest BCUT2D eigenvalue weighted by Crippen LogP contribution is 2.26. The van der Waals surface area contributed by atoms with E-state index in [0.29, 0.717) is 0 Å². The number of hydrogen-bond donors (Lipinski definition) is 1. The average molecular weight is 209 g/mol. The van der Waals surface area contributed by atoms with Crippen molar-refractivity contribution < 1.29 is 4.39 Å². The van der Waals surface area contributed by atoms with E-state index in [1.807, 2.05) is 6.07 Å². The van der Waals surface area contributed by atoms with Gasteiger partial charge in [0.05, 0.1) is 0 Å². The molecular formula is C13H20FN. The minimum Gasteiger partial charge on any atom is -0.324 e. The molecule has 84 valence electrons. The maximum atomic E-state index is 12.9. The predicted octanol–water partition coefficient (Wildman–Crippen LogP) is 3.65. The highest BCUT2D eigenvalue weighted by atomic mass is 19.1. The third-order valence-corrected chi connectivity index (χ3v) is 2.48. The lowest BCUT2D eigenvalue weighted by Crippen LogP contribution is -2.14. The number of rotatable bonds is 3. The molecule has 0 aliphatic rings. The van der Waals surface area contributed by atoms with E-state index in [4.69, 9.17) is 5.73 Å². The smallest absolute Gasteiger partial charge is 0.123 e. The van der Waals surface area contributed by atoms with Gasteiger partial charge in [-0.15, -0.1) is 0 Å². The Bertz CT molecular complexity index is 315. The van der Waals surface area contributed by atoms with E-state index < -0.39 is 0 Å². The molecule has 0 aromatic heterocycles. The minimum atomic E-state index is -0.210. The van der Waals surface area contributed by atoms with E-state index in [9.17, 15) is 4.39 Å². The van der Waals surface area contributed by atoms with Crippen LogP contribution in [0.4, 0.5) is 4.39 Å². The van der Waals surface area contributed by atoms with Gasteiger partial charge in [-0.05, 0) is 36.0 Å². The average Bonchev–Trinajstić information content (AvgIpc) is 2.13. The predicted molar refractivity (Wildman–Crippen MR) is 62.0 cm³/mol. The highest BCUT2D eigenvalue weighted by molar-refractivity contribution is 5.19. The van der Waals surface area contributed by atoms with Gasteiger partial charge in [0, 0.05) is 6.04 Å². The summed E-state index contributed by atoms with van der Waals surface area (Å²) in [6.45, 7) is 6.56. The van der Waals surface area contributed by atoms with Gasteiger partial charge >= 0.3 is 0 Å². The summed E-state index contributed by atoms with van der Waals surface area (Å²) in [5.74, 6) is -0.210. The normalized spacial score (nSPS) is 13.9. The quantitative estimate of drug-likeness (QED) is 0.808. The van der Waals surface area contributed by atoms with Crippen LogP contribution in [0.25, 0.3) is 0 Å². The van der Waals surface area contributed by atoms with E-state index in [-0.39, 0.29) is 17.3 Å². The standard InChI is InChI=1S/C13H20FN/c1-13(2,3)8-7-12(15)10-5-4-6-11(14)9-10/h4-6,9,12H,7-8,15H2,1-3H3. The van der Waals surface area contributed by atoms with Crippen LogP contribution in [0.3, 0.4) is 0 Å². The van der Waals surface area contributed by atoms with Crippen LogP contribution in [0.5, 0.6) is 0 Å².